The third-order valence-corrected chi connectivity index (χ3v) is 4.62. The van der Waals surface area contributed by atoms with Crippen LogP contribution in [0.3, 0.4) is 0 Å². The topological polar surface area (TPSA) is 44.1 Å². The lowest BCUT2D eigenvalue weighted by Gasteiger charge is -2.27. The van der Waals surface area contributed by atoms with Gasteiger partial charge in [-0.25, -0.2) is 0 Å². The molecule has 0 aliphatic heterocycles. The van der Waals surface area contributed by atoms with Crippen LogP contribution in [0.25, 0.3) is 0 Å². The van der Waals surface area contributed by atoms with Crippen molar-refractivity contribution in [1.29, 1.82) is 5.26 Å². The largest absolute Gasteiger partial charge is 0.336 e. The number of benzene rings is 1. The molecule has 0 N–H and O–H groups in total. The zero-order valence-electron chi connectivity index (χ0n) is 13.7. The molecule has 0 spiro atoms. The molecule has 0 aromatic heterocycles. The van der Waals surface area contributed by atoms with E-state index in [4.69, 9.17) is 5.26 Å². The molecule has 2 rings (SSSR count). The molecule has 1 aromatic carbocycles. The maximum atomic E-state index is 12.5. The predicted octanol–water partition coefficient (Wildman–Crippen LogP) is 4.27. The lowest BCUT2D eigenvalue weighted by Crippen LogP contribution is -2.36. The maximum absolute atomic E-state index is 12.5. The quantitative estimate of drug-likeness (QED) is 0.787. The maximum Gasteiger partial charge on any atom is 0.223 e. The Kier molecular flexibility index (Phi) is 6.00. The van der Waals surface area contributed by atoms with E-state index in [1.165, 1.54) is 25.7 Å². The number of amides is 1. The number of hydrogen-bond donors (Lipinski definition) is 0. The van der Waals surface area contributed by atoms with Crippen molar-refractivity contribution in [2.24, 2.45) is 5.92 Å². The lowest BCUT2D eigenvalue weighted by atomic mass is 10.0. The standard InChI is InChI=1S/C19H26N2O/c1-15(2)21(14-18-9-7-17(13-20)8-10-18)19(22)12-11-16-5-3-4-6-16/h7-10,15-16H,3-6,11-12,14H2,1-2H3. The normalized spacial score (nSPS) is 15.0. The van der Waals surface area contributed by atoms with Crippen LogP contribution in [0.2, 0.25) is 0 Å². The van der Waals surface area contributed by atoms with E-state index in [2.05, 4.69) is 19.9 Å². The van der Waals surface area contributed by atoms with Gasteiger partial charge in [-0.3, -0.25) is 4.79 Å². The monoisotopic (exact) mass is 298 g/mol. The first kappa shape index (κ1) is 16.5. The van der Waals surface area contributed by atoms with Crippen molar-refractivity contribution in [2.75, 3.05) is 0 Å². The minimum atomic E-state index is 0.201. The van der Waals surface area contributed by atoms with Gasteiger partial charge in [0.15, 0.2) is 0 Å². The van der Waals surface area contributed by atoms with E-state index in [0.717, 1.165) is 17.9 Å². The molecular weight excluding hydrogens is 272 g/mol. The van der Waals surface area contributed by atoms with Gasteiger partial charge in [-0.2, -0.15) is 5.26 Å². The molecule has 3 nitrogen and oxygen atoms in total. The summed E-state index contributed by atoms with van der Waals surface area (Å²) >= 11 is 0. The molecular formula is C19H26N2O. The van der Waals surface area contributed by atoms with Crippen molar-refractivity contribution in [3.05, 3.63) is 35.4 Å². The third kappa shape index (κ3) is 4.59. The molecule has 1 aromatic rings. The van der Waals surface area contributed by atoms with E-state index >= 15 is 0 Å². The number of nitrogens with zero attached hydrogens (tertiary/aromatic N) is 2. The Morgan fingerprint density at radius 3 is 2.45 bits per heavy atom. The van der Waals surface area contributed by atoms with E-state index < -0.39 is 0 Å². The van der Waals surface area contributed by atoms with Gasteiger partial charge in [0.2, 0.25) is 5.91 Å². The van der Waals surface area contributed by atoms with Gasteiger partial charge in [0.1, 0.15) is 0 Å². The zero-order valence-corrected chi connectivity index (χ0v) is 13.7. The Labute approximate surface area is 133 Å². The summed E-state index contributed by atoms with van der Waals surface area (Å²) in [6, 6.07) is 9.84. The van der Waals surface area contributed by atoms with E-state index in [9.17, 15) is 4.79 Å². The predicted molar refractivity (Wildman–Crippen MR) is 88.0 cm³/mol. The van der Waals surface area contributed by atoms with Gasteiger partial charge in [-0.05, 0) is 43.9 Å². The highest BCUT2D eigenvalue weighted by Gasteiger charge is 2.20. The summed E-state index contributed by atoms with van der Waals surface area (Å²) in [5, 5.41) is 8.85. The van der Waals surface area contributed by atoms with Crippen LogP contribution < -0.4 is 0 Å². The van der Waals surface area contributed by atoms with Crippen LogP contribution in [0.4, 0.5) is 0 Å². The van der Waals surface area contributed by atoms with Crippen molar-refractivity contribution in [2.45, 2.75) is 65.0 Å². The summed E-state index contributed by atoms with van der Waals surface area (Å²) in [6.07, 6.45) is 6.96. The second-order valence-corrected chi connectivity index (χ2v) is 6.61. The van der Waals surface area contributed by atoms with Crippen molar-refractivity contribution in [3.63, 3.8) is 0 Å². The molecule has 0 radical (unpaired) electrons. The van der Waals surface area contributed by atoms with Crippen LogP contribution in [-0.2, 0) is 11.3 Å². The first-order valence-corrected chi connectivity index (χ1v) is 8.38. The Morgan fingerprint density at radius 1 is 1.27 bits per heavy atom. The molecule has 22 heavy (non-hydrogen) atoms. The van der Waals surface area contributed by atoms with Crippen LogP contribution in [0.5, 0.6) is 0 Å². The van der Waals surface area contributed by atoms with E-state index in [1.54, 1.807) is 0 Å². The fraction of sp³-hybridized carbons (Fsp3) is 0.579. The molecule has 0 unspecified atom stereocenters. The summed E-state index contributed by atoms with van der Waals surface area (Å²) in [5.74, 6) is 1.01. The highest BCUT2D eigenvalue weighted by Crippen LogP contribution is 2.29. The SMILES string of the molecule is CC(C)N(Cc1ccc(C#N)cc1)C(=O)CCC1CCCC1. The Bertz CT molecular complexity index is 521. The lowest BCUT2D eigenvalue weighted by molar-refractivity contribution is -0.133. The summed E-state index contributed by atoms with van der Waals surface area (Å²) in [4.78, 5) is 14.5. The van der Waals surface area contributed by atoms with Gasteiger partial charge in [0.05, 0.1) is 11.6 Å². The Morgan fingerprint density at radius 2 is 1.91 bits per heavy atom. The summed E-state index contributed by atoms with van der Waals surface area (Å²) in [6.45, 7) is 4.76. The van der Waals surface area contributed by atoms with Crippen LogP contribution in [0, 0.1) is 17.2 Å². The number of carbonyl (C=O) groups is 1. The van der Waals surface area contributed by atoms with Crippen LogP contribution in [0.15, 0.2) is 24.3 Å². The average molecular weight is 298 g/mol. The highest BCUT2D eigenvalue weighted by molar-refractivity contribution is 5.76. The van der Waals surface area contributed by atoms with Crippen molar-refractivity contribution in [3.8, 4) is 6.07 Å². The van der Waals surface area contributed by atoms with E-state index in [1.807, 2.05) is 29.2 Å². The van der Waals surface area contributed by atoms with Crippen molar-refractivity contribution >= 4 is 5.91 Å². The number of rotatable bonds is 6. The molecule has 3 heteroatoms. The second-order valence-electron chi connectivity index (χ2n) is 6.61. The van der Waals surface area contributed by atoms with Gasteiger partial charge in [0, 0.05) is 19.0 Å². The molecule has 0 bridgehead atoms. The average Bonchev–Trinajstić information content (AvgIpc) is 3.04. The first-order chi connectivity index (χ1) is 10.6. The minimum Gasteiger partial charge on any atom is -0.336 e. The molecule has 118 valence electrons. The van der Waals surface area contributed by atoms with Gasteiger partial charge < -0.3 is 4.90 Å². The third-order valence-electron chi connectivity index (χ3n) is 4.62. The molecule has 1 saturated carbocycles. The van der Waals surface area contributed by atoms with Crippen molar-refractivity contribution < 1.29 is 4.79 Å². The number of carbonyl (C=O) groups excluding carboxylic acids is 1. The second kappa shape index (κ2) is 7.98. The Hall–Kier alpha value is -1.82. The van der Waals surface area contributed by atoms with Gasteiger partial charge in [-0.1, -0.05) is 37.8 Å². The molecule has 1 aliphatic carbocycles. The van der Waals surface area contributed by atoms with Crippen LogP contribution in [-0.4, -0.2) is 16.8 Å². The molecule has 0 saturated heterocycles. The molecule has 1 fully saturated rings. The number of nitriles is 1. The van der Waals surface area contributed by atoms with Gasteiger partial charge >= 0.3 is 0 Å². The van der Waals surface area contributed by atoms with E-state index in [-0.39, 0.29) is 11.9 Å². The van der Waals surface area contributed by atoms with Crippen LogP contribution >= 0.6 is 0 Å². The Balaban J connectivity index is 1.92. The summed E-state index contributed by atoms with van der Waals surface area (Å²) in [5.41, 5.74) is 1.74. The molecule has 1 amide bonds. The fourth-order valence-corrected chi connectivity index (χ4v) is 3.21. The fourth-order valence-electron chi connectivity index (χ4n) is 3.21. The van der Waals surface area contributed by atoms with Gasteiger partial charge in [0.25, 0.3) is 0 Å². The summed E-state index contributed by atoms with van der Waals surface area (Å²) < 4.78 is 0. The van der Waals surface area contributed by atoms with Gasteiger partial charge in [-0.15, -0.1) is 0 Å². The number of hydrogen-bond acceptors (Lipinski definition) is 2. The smallest absolute Gasteiger partial charge is 0.223 e. The summed E-state index contributed by atoms with van der Waals surface area (Å²) in [7, 11) is 0. The molecule has 1 aliphatic rings. The highest BCUT2D eigenvalue weighted by atomic mass is 16.2. The van der Waals surface area contributed by atoms with E-state index in [0.29, 0.717) is 18.5 Å². The van der Waals surface area contributed by atoms with Crippen LogP contribution in [0.1, 0.15) is 63.5 Å². The van der Waals surface area contributed by atoms with Crippen molar-refractivity contribution in [1.82, 2.24) is 4.90 Å². The molecule has 0 heterocycles. The first-order valence-electron chi connectivity index (χ1n) is 8.38. The zero-order chi connectivity index (χ0) is 15.9. The molecule has 0 atom stereocenters. The minimum absolute atomic E-state index is 0.201.